The molecule has 2 aliphatic rings. The van der Waals surface area contributed by atoms with Gasteiger partial charge in [-0.1, -0.05) is 53.5 Å². The topological polar surface area (TPSA) is 32.3 Å². The van der Waals surface area contributed by atoms with Gasteiger partial charge in [-0.25, -0.2) is 0 Å². The van der Waals surface area contributed by atoms with Crippen LogP contribution in [0.4, 0.5) is 0 Å². The molecule has 2 aromatic carbocycles. The molecule has 26 heavy (non-hydrogen) atoms. The molecule has 3 nitrogen and oxygen atoms in total. The lowest BCUT2D eigenvalue weighted by molar-refractivity contribution is 0.0838. The summed E-state index contributed by atoms with van der Waals surface area (Å²) in [5, 5.41) is 4.20. The van der Waals surface area contributed by atoms with Crippen LogP contribution in [0.1, 0.15) is 47.6 Å². The van der Waals surface area contributed by atoms with Gasteiger partial charge in [0.05, 0.1) is 16.6 Å². The summed E-state index contributed by atoms with van der Waals surface area (Å²) in [6.07, 6.45) is 4.58. The molecule has 0 aliphatic carbocycles. The minimum Gasteiger partial charge on any atom is -0.343 e. The predicted octanol–water partition coefficient (Wildman–Crippen LogP) is 5.09. The first-order chi connectivity index (χ1) is 12.5. The lowest BCUT2D eigenvalue weighted by atomic mass is 9.78. The van der Waals surface area contributed by atoms with Gasteiger partial charge in [0.25, 0.3) is 5.91 Å². The van der Waals surface area contributed by atoms with Crippen LogP contribution in [0.15, 0.2) is 48.5 Å². The van der Waals surface area contributed by atoms with Gasteiger partial charge in [-0.05, 0) is 56.5 Å². The molecule has 2 saturated heterocycles. The van der Waals surface area contributed by atoms with Gasteiger partial charge in [0.2, 0.25) is 0 Å². The molecule has 1 atom stereocenters. The smallest absolute Gasteiger partial charge is 0.253 e. The third-order valence-corrected chi connectivity index (χ3v) is 6.74. The Bertz CT molecular complexity index is 816. The molecule has 2 aliphatic heterocycles. The van der Waals surface area contributed by atoms with Gasteiger partial charge in [0, 0.05) is 16.6 Å². The summed E-state index contributed by atoms with van der Waals surface area (Å²) in [5.74, 6) is -0.154. The maximum atomic E-state index is 13.0. The van der Waals surface area contributed by atoms with Gasteiger partial charge in [-0.2, -0.15) is 0 Å². The van der Waals surface area contributed by atoms with Gasteiger partial charge in [0.1, 0.15) is 0 Å². The van der Waals surface area contributed by atoms with Crippen LogP contribution in [0.2, 0.25) is 10.0 Å². The SMILES string of the molecule is CN1C2CCC1([C@H](NC(=O)c1ccc(Cl)cc1Cl)c1ccccc1)CC2. The summed E-state index contributed by atoms with van der Waals surface area (Å²) in [6.45, 7) is 0. The Hall–Kier alpha value is -1.55. The number of rotatable bonds is 4. The fraction of sp³-hybridized carbons (Fsp3) is 0.381. The first-order valence-corrected chi connectivity index (χ1v) is 9.81. The van der Waals surface area contributed by atoms with E-state index in [1.807, 2.05) is 18.2 Å². The first-order valence-electron chi connectivity index (χ1n) is 9.05. The fourth-order valence-electron chi connectivity index (χ4n) is 4.75. The summed E-state index contributed by atoms with van der Waals surface area (Å²) in [5.41, 5.74) is 1.57. The second kappa shape index (κ2) is 6.88. The van der Waals surface area contributed by atoms with Gasteiger partial charge >= 0.3 is 0 Å². The van der Waals surface area contributed by atoms with E-state index in [4.69, 9.17) is 23.2 Å². The number of nitrogens with one attached hydrogen (secondary N) is 1. The van der Waals surface area contributed by atoms with Crippen LogP contribution >= 0.6 is 23.2 Å². The van der Waals surface area contributed by atoms with E-state index >= 15 is 0 Å². The standard InChI is InChI=1S/C21H22Cl2N2O/c1-25-16-9-11-21(25,12-10-16)19(14-5-3-2-4-6-14)24-20(26)17-8-7-15(22)13-18(17)23/h2-8,13,16,19H,9-12H2,1H3,(H,24,26)/t16?,19-,21?/m1/s1. The number of likely N-dealkylation sites (N-methyl/N-ethyl adjacent to an activating group) is 1. The van der Waals surface area contributed by atoms with Crippen LogP contribution in [0.5, 0.6) is 0 Å². The van der Waals surface area contributed by atoms with Gasteiger partial charge < -0.3 is 5.32 Å². The molecule has 2 bridgehead atoms. The summed E-state index contributed by atoms with van der Waals surface area (Å²) in [6, 6.07) is 15.8. The molecule has 0 radical (unpaired) electrons. The Morgan fingerprint density at radius 1 is 1.15 bits per heavy atom. The second-order valence-corrected chi connectivity index (χ2v) is 8.23. The monoisotopic (exact) mass is 388 g/mol. The maximum absolute atomic E-state index is 13.0. The molecule has 2 fully saturated rings. The van der Waals surface area contributed by atoms with Crippen LogP contribution in [0.3, 0.4) is 0 Å². The van der Waals surface area contributed by atoms with Crippen molar-refractivity contribution >= 4 is 29.1 Å². The van der Waals surface area contributed by atoms with E-state index < -0.39 is 0 Å². The van der Waals surface area contributed by atoms with E-state index in [1.54, 1.807) is 18.2 Å². The number of nitrogens with zero attached hydrogens (tertiary/aromatic N) is 1. The molecule has 0 aromatic heterocycles. The summed E-state index contributed by atoms with van der Waals surface area (Å²) in [4.78, 5) is 15.5. The third-order valence-electron chi connectivity index (χ3n) is 6.19. The van der Waals surface area contributed by atoms with Gasteiger partial charge in [-0.15, -0.1) is 0 Å². The highest BCUT2D eigenvalue weighted by molar-refractivity contribution is 6.36. The molecule has 1 amide bonds. The lowest BCUT2D eigenvalue weighted by Crippen LogP contribution is -2.50. The van der Waals surface area contributed by atoms with Crippen LogP contribution in [-0.2, 0) is 0 Å². The first kappa shape index (κ1) is 17.8. The molecule has 136 valence electrons. The Labute approximate surface area is 164 Å². The molecular weight excluding hydrogens is 367 g/mol. The molecule has 5 heteroatoms. The van der Waals surface area contributed by atoms with E-state index in [1.165, 1.54) is 12.8 Å². The zero-order valence-electron chi connectivity index (χ0n) is 14.7. The quantitative estimate of drug-likeness (QED) is 0.790. The largest absolute Gasteiger partial charge is 0.343 e. The van der Waals surface area contributed by atoms with E-state index in [0.717, 1.165) is 18.4 Å². The number of carbonyl (C=O) groups excluding carboxylic acids is 1. The lowest BCUT2D eigenvalue weighted by Gasteiger charge is -2.41. The fourth-order valence-corrected chi connectivity index (χ4v) is 5.25. The number of hydrogen-bond acceptors (Lipinski definition) is 2. The number of carbonyl (C=O) groups is 1. The van der Waals surface area contributed by atoms with Gasteiger partial charge in [-0.3, -0.25) is 9.69 Å². The van der Waals surface area contributed by atoms with Crippen molar-refractivity contribution in [2.75, 3.05) is 7.05 Å². The van der Waals surface area contributed by atoms with Crippen LogP contribution in [0.25, 0.3) is 0 Å². The number of benzene rings is 2. The average molecular weight is 389 g/mol. The summed E-state index contributed by atoms with van der Waals surface area (Å²) < 4.78 is 0. The zero-order chi connectivity index (χ0) is 18.3. The Kier molecular flexibility index (Phi) is 4.72. The Morgan fingerprint density at radius 3 is 2.42 bits per heavy atom. The molecule has 1 N–H and O–H groups in total. The van der Waals surface area contributed by atoms with Crippen molar-refractivity contribution in [3.63, 3.8) is 0 Å². The molecule has 4 rings (SSSR count). The third kappa shape index (κ3) is 2.92. The number of amides is 1. The van der Waals surface area contributed by atoms with Gasteiger partial charge in [0.15, 0.2) is 0 Å². The van der Waals surface area contributed by atoms with E-state index in [9.17, 15) is 4.79 Å². The van der Waals surface area contributed by atoms with Crippen molar-refractivity contribution in [2.45, 2.75) is 43.3 Å². The highest BCUT2D eigenvalue weighted by Gasteiger charge is 2.54. The Balaban J connectivity index is 1.69. The molecule has 0 spiro atoms. The van der Waals surface area contributed by atoms with Crippen LogP contribution < -0.4 is 5.32 Å². The second-order valence-electron chi connectivity index (χ2n) is 7.39. The van der Waals surface area contributed by atoms with E-state index in [0.29, 0.717) is 21.7 Å². The highest BCUT2D eigenvalue weighted by atomic mass is 35.5. The van der Waals surface area contributed by atoms with Crippen molar-refractivity contribution in [1.29, 1.82) is 0 Å². The average Bonchev–Trinajstić information content (AvgIpc) is 3.13. The highest BCUT2D eigenvalue weighted by Crippen LogP contribution is 2.51. The van der Waals surface area contributed by atoms with Crippen LogP contribution in [-0.4, -0.2) is 29.4 Å². The van der Waals surface area contributed by atoms with Crippen LogP contribution in [0, 0.1) is 0 Å². The molecule has 0 saturated carbocycles. The Morgan fingerprint density at radius 2 is 1.85 bits per heavy atom. The van der Waals surface area contributed by atoms with Crippen molar-refractivity contribution in [2.24, 2.45) is 0 Å². The zero-order valence-corrected chi connectivity index (χ0v) is 16.2. The summed E-state index contributed by atoms with van der Waals surface area (Å²) >= 11 is 12.2. The number of fused-ring (bicyclic) bond motifs is 2. The molecule has 2 heterocycles. The van der Waals surface area contributed by atoms with Crippen molar-refractivity contribution in [1.82, 2.24) is 10.2 Å². The number of halogens is 2. The molecule has 0 unspecified atom stereocenters. The van der Waals surface area contributed by atoms with E-state index in [-0.39, 0.29) is 17.5 Å². The van der Waals surface area contributed by atoms with Crippen molar-refractivity contribution in [3.05, 3.63) is 69.7 Å². The normalized spacial score (nSPS) is 26.0. The van der Waals surface area contributed by atoms with Crippen molar-refractivity contribution in [3.8, 4) is 0 Å². The minimum absolute atomic E-state index is 0.0272. The number of hydrogen-bond donors (Lipinski definition) is 1. The maximum Gasteiger partial charge on any atom is 0.253 e. The summed E-state index contributed by atoms with van der Waals surface area (Å²) in [7, 11) is 2.20. The molecular formula is C21H22Cl2N2O. The van der Waals surface area contributed by atoms with Crippen molar-refractivity contribution < 1.29 is 4.79 Å². The minimum atomic E-state index is -0.154. The van der Waals surface area contributed by atoms with E-state index in [2.05, 4.69) is 29.4 Å². The predicted molar refractivity (Wildman–Crippen MR) is 106 cm³/mol. The molecule has 2 aromatic rings.